The molecular weight excluding hydrogens is 384 g/mol. The molecule has 7 heteroatoms. The molecule has 3 heterocycles. The van der Waals surface area contributed by atoms with E-state index in [-0.39, 0.29) is 18.0 Å². The lowest BCUT2D eigenvalue weighted by Crippen LogP contribution is -2.55. The van der Waals surface area contributed by atoms with Gasteiger partial charge in [0.1, 0.15) is 23.4 Å². The van der Waals surface area contributed by atoms with Crippen LogP contribution in [0.5, 0.6) is 0 Å². The van der Waals surface area contributed by atoms with E-state index in [2.05, 4.69) is 16.0 Å². The quantitative estimate of drug-likeness (QED) is 0.686. The topological polar surface area (TPSA) is 83.3 Å². The van der Waals surface area contributed by atoms with Gasteiger partial charge in [-0.05, 0) is 36.2 Å². The van der Waals surface area contributed by atoms with E-state index in [4.69, 9.17) is 5.26 Å². The molecule has 3 atom stereocenters. The highest BCUT2D eigenvalue weighted by Gasteiger charge is 2.41. The van der Waals surface area contributed by atoms with Gasteiger partial charge in [0.2, 0.25) is 5.91 Å². The number of fused-ring (bicyclic) bond motifs is 2. The third kappa shape index (κ3) is 4.55. The highest BCUT2D eigenvalue weighted by molar-refractivity contribution is 7.90. The molecule has 4 rings (SSSR count). The zero-order valence-corrected chi connectivity index (χ0v) is 17.1. The van der Waals surface area contributed by atoms with Gasteiger partial charge in [-0.3, -0.25) is 4.79 Å². The zero-order valence-electron chi connectivity index (χ0n) is 16.2. The van der Waals surface area contributed by atoms with Gasteiger partial charge in [-0.25, -0.2) is 4.98 Å². The van der Waals surface area contributed by atoms with Gasteiger partial charge in [0.15, 0.2) is 0 Å². The van der Waals surface area contributed by atoms with Gasteiger partial charge in [0.05, 0.1) is 12.0 Å². The first-order chi connectivity index (χ1) is 14.1. The number of hydrogen-bond acceptors (Lipinski definition) is 5. The molecule has 2 aromatic rings. The van der Waals surface area contributed by atoms with Crippen molar-refractivity contribution in [1.29, 1.82) is 5.26 Å². The van der Waals surface area contributed by atoms with Gasteiger partial charge in [0, 0.05) is 36.9 Å². The molecule has 0 aliphatic carbocycles. The highest BCUT2D eigenvalue weighted by Crippen LogP contribution is 2.34. The predicted octanol–water partition coefficient (Wildman–Crippen LogP) is 2.47. The number of anilines is 1. The van der Waals surface area contributed by atoms with Crippen LogP contribution < -0.4 is 4.90 Å². The second-order valence-corrected chi connectivity index (χ2v) is 9.21. The first-order valence-electron chi connectivity index (χ1n) is 9.95. The SMILES string of the molecule is N#Cc1ccc(N2C3CCC2CN(C(=O)CC[S+]([O-])Cc2ccccc2)C3)nc1. The minimum atomic E-state index is -1.03. The summed E-state index contributed by atoms with van der Waals surface area (Å²) in [5, 5.41) is 8.95. The van der Waals surface area contributed by atoms with Gasteiger partial charge in [-0.2, -0.15) is 5.26 Å². The van der Waals surface area contributed by atoms with Crippen LogP contribution in [0.4, 0.5) is 5.82 Å². The summed E-state index contributed by atoms with van der Waals surface area (Å²) in [5.41, 5.74) is 1.60. The number of rotatable bonds is 6. The fourth-order valence-corrected chi connectivity index (χ4v) is 5.39. The van der Waals surface area contributed by atoms with Crippen LogP contribution >= 0.6 is 0 Å². The van der Waals surface area contributed by atoms with E-state index in [1.54, 1.807) is 12.3 Å². The molecule has 0 N–H and O–H groups in total. The first-order valence-corrected chi connectivity index (χ1v) is 11.4. The maximum absolute atomic E-state index is 12.7. The van der Waals surface area contributed by atoms with Crippen LogP contribution in [0.2, 0.25) is 0 Å². The number of amides is 1. The third-order valence-corrected chi connectivity index (χ3v) is 7.01. The van der Waals surface area contributed by atoms with E-state index in [1.165, 1.54) is 0 Å². The van der Waals surface area contributed by atoms with E-state index < -0.39 is 11.2 Å². The van der Waals surface area contributed by atoms with Crippen molar-refractivity contribution in [3.63, 3.8) is 0 Å². The number of carbonyl (C=O) groups excluding carboxylic acids is 1. The molecule has 1 aromatic heterocycles. The Morgan fingerprint density at radius 1 is 1.17 bits per heavy atom. The Morgan fingerprint density at radius 3 is 2.52 bits per heavy atom. The van der Waals surface area contributed by atoms with Crippen LogP contribution in [-0.2, 0) is 21.7 Å². The van der Waals surface area contributed by atoms with Gasteiger partial charge < -0.3 is 14.4 Å². The third-order valence-electron chi connectivity index (χ3n) is 5.69. The summed E-state index contributed by atoms with van der Waals surface area (Å²) in [6.07, 6.45) is 4.01. The summed E-state index contributed by atoms with van der Waals surface area (Å²) in [7, 11) is 0. The van der Waals surface area contributed by atoms with Gasteiger partial charge >= 0.3 is 0 Å². The summed E-state index contributed by atoms with van der Waals surface area (Å²) >= 11 is -1.03. The van der Waals surface area contributed by atoms with Crippen molar-refractivity contribution >= 4 is 22.9 Å². The number of piperazine rings is 1. The van der Waals surface area contributed by atoms with E-state index in [0.29, 0.717) is 36.6 Å². The molecule has 1 aromatic carbocycles. The van der Waals surface area contributed by atoms with Crippen LogP contribution in [0, 0.1) is 11.3 Å². The Kier molecular flexibility index (Phi) is 6.02. The number of nitrogens with zero attached hydrogens (tertiary/aromatic N) is 4. The van der Waals surface area contributed by atoms with Crippen molar-refractivity contribution < 1.29 is 9.35 Å². The average Bonchev–Trinajstić information content (AvgIpc) is 3.01. The molecule has 2 bridgehead atoms. The Bertz CT molecular complexity index is 870. The first kappa shape index (κ1) is 19.7. The lowest BCUT2D eigenvalue weighted by molar-refractivity contribution is -0.131. The molecule has 0 saturated carbocycles. The summed E-state index contributed by atoms with van der Waals surface area (Å²) in [6.45, 7) is 1.37. The minimum Gasteiger partial charge on any atom is -0.616 e. The standard InChI is InChI=1S/C22H24N4O2S/c23-12-18-6-9-21(24-13-18)26-19-7-8-20(26)15-25(14-19)22(27)10-11-29(28)16-17-4-2-1-3-5-17/h1-6,9,13,19-20H,7-8,10-11,14-16H2. The van der Waals surface area contributed by atoms with Gasteiger partial charge in [0.25, 0.3) is 0 Å². The minimum absolute atomic E-state index is 0.0933. The molecule has 2 fully saturated rings. The summed E-state index contributed by atoms with van der Waals surface area (Å²) < 4.78 is 12.3. The lowest BCUT2D eigenvalue weighted by atomic mass is 10.1. The van der Waals surface area contributed by atoms with Crippen LogP contribution in [0.1, 0.15) is 30.4 Å². The number of hydrogen-bond donors (Lipinski definition) is 0. The summed E-state index contributed by atoms with van der Waals surface area (Å²) in [4.78, 5) is 21.4. The second-order valence-electron chi connectivity index (χ2n) is 7.63. The van der Waals surface area contributed by atoms with Crippen LogP contribution in [0.25, 0.3) is 0 Å². The largest absolute Gasteiger partial charge is 0.616 e. The summed E-state index contributed by atoms with van der Waals surface area (Å²) in [5.74, 6) is 1.88. The maximum atomic E-state index is 12.7. The number of pyridine rings is 1. The lowest BCUT2D eigenvalue weighted by Gasteiger charge is -2.41. The number of likely N-dealkylation sites (tertiary alicyclic amines) is 1. The molecule has 6 nitrogen and oxygen atoms in total. The van der Waals surface area contributed by atoms with Crippen molar-refractivity contribution in [2.75, 3.05) is 23.7 Å². The fourth-order valence-electron chi connectivity index (χ4n) is 4.28. The van der Waals surface area contributed by atoms with Crippen molar-refractivity contribution in [1.82, 2.24) is 9.88 Å². The molecule has 3 unspecified atom stereocenters. The highest BCUT2D eigenvalue weighted by atomic mass is 32.2. The molecule has 0 spiro atoms. The van der Waals surface area contributed by atoms with Gasteiger partial charge in [-0.15, -0.1) is 0 Å². The predicted molar refractivity (Wildman–Crippen MR) is 113 cm³/mol. The molecule has 2 saturated heterocycles. The normalized spacial score (nSPS) is 21.7. The van der Waals surface area contributed by atoms with E-state index in [9.17, 15) is 9.35 Å². The van der Waals surface area contributed by atoms with E-state index >= 15 is 0 Å². The van der Waals surface area contributed by atoms with Crippen molar-refractivity contribution in [2.24, 2.45) is 0 Å². The monoisotopic (exact) mass is 408 g/mol. The molecule has 0 radical (unpaired) electrons. The molecule has 29 heavy (non-hydrogen) atoms. The number of aromatic nitrogens is 1. The average molecular weight is 409 g/mol. The smallest absolute Gasteiger partial charge is 0.227 e. The molecule has 150 valence electrons. The van der Waals surface area contributed by atoms with E-state index in [0.717, 1.165) is 24.2 Å². The molecule has 1 amide bonds. The Labute approximate surface area is 174 Å². The number of carbonyl (C=O) groups is 1. The second kappa shape index (κ2) is 8.85. The Balaban J connectivity index is 1.31. The van der Waals surface area contributed by atoms with E-state index in [1.807, 2.05) is 41.3 Å². The Morgan fingerprint density at radius 2 is 1.90 bits per heavy atom. The van der Waals surface area contributed by atoms with Crippen molar-refractivity contribution in [3.05, 3.63) is 59.8 Å². The van der Waals surface area contributed by atoms with Crippen molar-refractivity contribution in [3.8, 4) is 6.07 Å². The Hall–Kier alpha value is -2.56. The van der Waals surface area contributed by atoms with Crippen LogP contribution in [-0.4, -0.2) is 51.3 Å². The zero-order chi connectivity index (χ0) is 20.2. The molecule has 2 aliphatic heterocycles. The molecular formula is C22H24N4O2S. The number of benzene rings is 1. The number of nitriles is 1. The maximum Gasteiger partial charge on any atom is 0.227 e. The van der Waals surface area contributed by atoms with Crippen molar-refractivity contribution in [2.45, 2.75) is 37.1 Å². The molecule has 2 aliphatic rings. The van der Waals surface area contributed by atoms with Crippen LogP contribution in [0.3, 0.4) is 0 Å². The summed E-state index contributed by atoms with van der Waals surface area (Å²) in [6, 6.07) is 16.1. The van der Waals surface area contributed by atoms with Gasteiger partial charge in [-0.1, -0.05) is 30.3 Å². The van der Waals surface area contributed by atoms with Crippen LogP contribution in [0.15, 0.2) is 48.7 Å². The fraction of sp³-hybridized carbons (Fsp3) is 0.409.